The summed E-state index contributed by atoms with van der Waals surface area (Å²) in [7, 11) is 1.62. The second kappa shape index (κ2) is 8.83. The minimum atomic E-state index is -0.239. The standard InChI is InChI=1S/C27H19ClN6O2/c1-36-19-11-9-17(10-12-19)31-27-29-14-21-24-22(15-30-33-24)26(35)34(25(21)32-27)18-6-4-5-16(13-18)20-7-2-3-8-23(20)28/h2-15H,1H3,(H,30,33)(H,29,31,32). The van der Waals surface area contributed by atoms with Crippen molar-refractivity contribution in [1.82, 2.24) is 24.7 Å². The maximum absolute atomic E-state index is 13.6. The van der Waals surface area contributed by atoms with Crippen LogP contribution in [0.3, 0.4) is 0 Å². The average Bonchev–Trinajstić information content (AvgIpc) is 3.40. The van der Waals surface area contributed by atoms with Crippen molar-refractivity contribution in [2.24, 2.45) is 0 Å². The molecule has 0 bridgehead atoms. The van der Waals surface area contributed by atoms with E-state index in [-0.39, 0.29) is 5.56 Å². The highest BCUT2D eigenvalue weighted by Crippen LogP contribution is 2.30. The fourth-order valence-corrected chi connectivity index (χ4v) is 4.44. The van der Waals surface area contributed by atoms with Crippen molar-refractivity contribution in [2.45, 2.75) is 0 Å². The molecule has 36 heavy (non-hydrogen) atoms. The molecule has 6 rings (SSSR count). The molecule has 0 fully saturated rings. The third-order valence-electron chi connectivity index (χ3n) is 5.94. The molecular weight excluding hydrogens is 476 g/mol. The molecule has 0 unspecified atom stereocenters. The van der Waals surface area contributed by atoms with Crippen LogP contribution in [0.15, 0.2) is 90.0 Å². The smallest absolute Gasteiger partial charge is 0.267 e. The van der Waals surface area contributed by atoms with E-state index in [2.05, 4.69) is 20.5 Å². The van der Waals surface area contributed by atoms with Gasteiger partial charge >= 0.3 is 0 Å². The molecule has 0 aliphatic rings. The Bertz CT molecular complexity index is 1790. The minimum absolute atomic E-state index is 0.239. The first-order chi connectivity index (χ1) is 17.6. The van der Waals surface area contributed by atoms with Gasteiger partial charge in [0.1, 0.15) is 11.3 Å². The zero-order valence-corrected chi connectivity index (χ0v) is 19.8. The van der Waals surface area contributed by atoms with Crippen molar-refractivity contribution < 1.29 is 4.74 Å². The summed E-state index contributed by atoms with van der Waals surface area (Å²) < 4.78 is 6.80. The van der Waals surface area contributed by atoms with E-state index in [0.29, 0.717) is 38.6 Å². The van der Waals surface area contributed by atoms with Crippen LogP contribution in [0.1, 0.15) is 0 Å². The zero-order valence-electron chi connectivity index (χ0n) is 19.1. The number of anilines is 2. The first-order valence-electron chi connectivity index (χ1n) is 11.1. The second-order valence-electron chi connectivity index (χ2n) is 8.10. The van der Waals surface area contributed by atoms with Crippen LogP contribution in [0.5, 0.6) is 5.75 Å². The largest absolute Gasteiger partial charge is 0.497 e. The number of nitrogens with zero attached hydrogens (tertiary/aromatic N) is 4. The van der Waals surface area contributed by atoms with E-state index in [1.165, 1.54) is 0 Å². The second-order valence-corrected chi connectivity index (χ2v) is 8.51. The molecule has 8 nitrogen and oxygen atoms in total. The van der Waals surface area contributed by atoms with E-state index in [4.69, 9.17) is 21.3 Å². The summed E-state index contributed by atoms with van der Waals surface area (Å²) in [5.41, 5.74) is 3.91. The van der Waals surface area contributed by atoms with E-state index in [9.17, 15) is 4.79 Å². The average molecular weight is 495 g/mol. The quantitative estimate of drug-likeness (QED) is 0.317. The highest BCUT2D eigenvalue weighted by molar-refractivity contribution is 6.33. The van der Waals surface area contributed by atoms with Gasteiger partial charge in [0, 0.05) is 28.7 Å². The lowest BCUT2D eigenvalue weighted by atomic mass is 10.0. The predicted octanol–water partition coefficient (Wildman–Crippen LogP) is 5.73. The number of ether oxygens (including phenoxy) is 1. The Hall–Kier alpha value is -4.69. The van der Waals surface area contributed by atoms with Crippen LogP contribution in [-0.2, 0) is 0 Å². The molecule has 0 atom stereocenters. The molecule has 6 aromatic rings. The van der Waals surface area contributed by atoms with Gasteiger partial charge in [0.25, 0.3) is 5.56 Å². The van der Waals surface area contributed by atoms with Crippen LogP contribution >= 0.6 is 11.6 Å². The van der Waals surface area contributed by atoms with Crippen molar-refractivity contribution in [2.75, 3.05) is 12.4 Å². The molecule has 0 amide bonds. The molecule has 0 spiro atoms. The number of H-pyrrole nitrogens is 1. The number of benzene rings is 3. The highest BCUT2D eigenvalue weighted by atomic mass is 35.5. The third kappa shape index (κ3) is 3.73. The molecular formula is C27H19ClN6O2. The summed E-state index contributed by atoms with van der Waals surface area (Å²) in [6.07, 6.45) is 3.26. The summed E-state index contributed by atoms with van der Waals surface area (Å²) >= 11 is 6.45. The zero-order chi connectivity index (χ0) is 24.6. The molecule has 0 radical (unpaired) electrons. The summed E-state index contributed by atoms with van der Waals surface area (Å²) in [4.78, 5) is 22.8. The first-order valence-corrected chi connectivity index (χ1v) is 11.5. The van der Waals surface area contributed by atoms with Gasteiger partial charge < -0.3 is 10.1 Å². The van der Waals surface area contributed by atoms with E-state index in [1.807, 2.05) is 72.8 Å². The Morgan fingerprint density at radius 3 is 2.64 bits per heavy atom. The van der Waals surface area contributed by atoms with Crippen LogP contribution in [0.2, 0.25) is 5.02 Å². The van der Waals surface area contributed by atoms with Crippen molar-refractivity contribution in [3.05, 3.63) is 101 Å². The number of hydrogen-bond acceptors (Lipinski definition) is 6. The van der Waals surface area contributed by atoms with Crippen LogP contribution in [0.4, 0.5) is 11.6 Å². The highest BCUT2D eigenvalue weighted by Gasteiger charge is 2.17. The van der Waals surface area contributed by atoms with Gasteiger partial charge in [-0.15, -0.1) is 0 Å². The Labute approximate surface area is 210 Å². The molecule has 3 heterocycles. The Morgan fingerprint density at radius 2 is 1.83 bits per heavy atom. The van der Waals surface area contributed by atoms with Gasteiger partial charge in [0.15, 0.2) is 5.65 Å². The number of methoxy groups -OCH3 is 1. The van der Waals surface area contributed by atoms with Crippen LogP contribution in [0, 0.1) is 0 Å². The Balaban J connectivity index is 1.54. The number of hydrogen-bond donors (Lipinski definition) is 2. The SMILES string of the molecule is COc1ccc(Nc2ncc3c4n[nH]cc4c(=O)n(-c4cccc(-c5ccccc5Cl)c4)c3n2)cc1. The monoisotopic (exact) mass is 494 g/mol. The number of halogens is 1. The molecule has 2 N–H and O–H groups in total. The summed E-state index contributed by atoms with van der Waals surface area (Å²) in [6, 6.07) is 22.6. The molecule has 9 heteroatoms. The predicted molar refractivity (Wildman–Crippen MR) is 142 cm³/mol. The maximum atomic E-state index is 13.6. The van der Waals surface area contributed by atoms with E-state index < -0.39 is 0 Å². The number of aromatic nitrogens is 5. The van der Waals surface area contributed by atoms with Gasteiger partial charge in [0.2, 0.25) is 5.95 Å². The lowest BCUT2D eigenvalue weighted by Crippen LogP contribution is -2.20. The summed E-state index contributed by atoms with van der Waals surface area (Å²) in [5.74, 6) is 1.09. The van der Waals surface area contributed by atoms with Crippen LogP contribution in [0.25, 0.3) is 38.8 Å². The molecule has 3 aromatic carbocycles. The molecule has 0 aliphatic carbocycles. The van der Waals surface area contributed by atoms with Gasteiger partial charge in [0.05, 0.1) is 23.6 Å². The first kappa shape index (κ1) is 21.8. The number of pyridine rings is 1. The Kier molecular flexibility index (Phi) is 5.35. The lowest BCUT2D eigenvalue weighted by Gasteiger charge is -2.13. The number of nitrogens with one attached hydrogen (secondary N) is 2. The molecule has 0 saturated carbocycles. The normalized spacial score (nSPS) is 11.2. The fourth-order valence-electron chi connectivity index (χ4n) is 4.20. The van der Waals surface area contributed by atoms with Crippen LogP contribution in [-0.4, -0.2) is 31.8 Å². The van der Waals surface area contributed by atoms with Crippen LogP contribution < -0.4 is 15.6 Å². The summed E-state index contributed by atoms with van der Waals surface area (Å²) in [6.45, 7) is 0. The lowest BCUT2D eigenvalue weighted by molar-refractivity contribution is 0.415. The number of fused-ring (bicyclic) bond motifs is 3. The van der Waals surface area contributed by atoms with Gasteiger partial charge in [-0.3, -0.25) is 14.5 Å². The molecule has 0 aliphatic heterocycles. The maximum Gasteiger partial charge on any atom is 0.267 e. The van der Waals surface area contributed by atoms with Crippen molar-refractivity contribution in [3.8, 4) is 22.6 Å². The number of aromatic amines is 1. The number of rotatable bonds is 5. The van der Waals surface area contributed by atoms with Gasteiger partial charge in [-0.1, -0.05) is 41.9 Å². The summed E-state index contributed by atoms with van der Waals surface area (Å²) in [5, 5.41) is 12.0. The Morgan fingerprint density at radius 1 is 1.00 bits per heavy atom. The van der Waals surface area contributed by atoms with Crippen molar-refractivity contribution >= 4 is 45.2 Å². The fraction of sp³-hybridized carbons (Fsp3) is 0.0370. The molecule has 176 valence electrons. The van der Waals surface area contributed by atoms with Gasteiger partial charge in [-0.2, -0.15) is 10.1 Å². The minimum Gasteiger partial charge on any atom is -0.497 e. The van der Waals surface area contributed by atoms with Gasteiger partial charge in [-0.25, -0.2) is 4.98 Å². The van der Waals surface area contributed by atoms with Gasteiger partial charge in [-0.05, 0) is 48.0 Å². The molecule has 3 aromatic heterocycles. The van der Waals surface area contributed by atoms with E-state index >= 15 is 0 Å². The molecule has 0 saturated heterocycles. The van der Waals surface area contributed by atoms with E-state index in [1.54, 1.807) is 24.1 Å². The third-order valence-corrected chi connectivity index (χ3v) is 6.27. The topological polar surface area (TPSA) is 97.7 Å². The van der Waals surface area contributed by atoms with Crippen molar-refractivity contribution in [1.29, 1.82) is 0 Å². The van der Waals surface area contributed by atoms with Crippen molar-refractivity contribution in [3.63, 3.8) is 0 Å². The van der Waals surface area contributed by atoms with E-state index in [0.717, 1.165) is 22.6 Å².